The van der Waals surface area contributed by atoms with E-state index in [9.17, 15) is 22.9 Å². The van der Waals surface area contributed by atoms with Gasteiger partial charge >= 0.3 is 0 Å². The number of ether oxygens (including phenoxy) is 2. The molecule has 268 valence electrons. The molecule has 12 nitrogen and oxygen atoms in total. The molecule has 0 radical (unpaired) electrons. The number of aromatic hydroxyl groups is 1. The molecule has 0 fully saturated rings. The van der Waals surface area contributed by atoms with Crippen LogP contribution in [0.25, 0.3) is 32.6 Å². The van der Waals surface area contributed by atoms with Crippen LogP contribution in [0, 0.1) is 6.92 Å². The summed E-state index contributed by atoms with van der Waals surface area (Å²) in [4.78, 5) is 13.5. The maximum Gasteiger partial charge on any atom is 0.294 e. The monoisotopic (exact) mass is 729 g/mol. The Bertz CT molecular complexity index is 2690. The van der Waals surface area contributed by atoms with Crippen LogP contribution in [0.3, 0.4) is 0 Å². The molecular weight excluding hydrogens is 695 g/mol. The quantitative estimate of drug-likeness (QED) is 0.0581. The van der Waals surface area contributed by atoms with Crippen LogP contribution >= 0.6 is 0 Å². The van der Waals surface area contributed by atoms with Crippen LogP contribution < -0.4 is 20.1 Å². The number of phenols is 1. The number of carbonyl (C=O) groups excluding carboxylic acids is 1. The highest BCUT2D eigenvalue weighted by molar-refractivity contribution is 7.85. The Hall–Kier alpha value is -6.44. The Morgan fingerprint density at radius 1 is 0.849 bits per heavy atom. The fraction of sp³-hybridized carbons (Fsp3) is 0.125. The zero-order chi connectivity index (χ0) is 37.3. The van der Waals surface area contributed by atoms with E-state index in [1.54, 1.807) is 30.3 Å². The molecule has 0 aliphatic heterocycles. The number of rotatable bonds is 11. The molecular formula is C40H35N5O7S. The molecule has 0 aliphatic rings. The van der Waals surface area contributed by atoms with Crippen molar-refractivity contribution in [2.24, 2.45) is 10.2 Å². The van der Waals surface area contributed by atoms with Crippen molar-refractivity contribution in [2.75, 3.05) is 24.5 Å². The third-order valence-corrected chi connectivity index (χ3v) is 9.82. The van der Waals surface area contributed by atoms with E-state index in [0.717, 1.165) is 33.9 Å². The summed E-state index contributed by atoms with van der Waals surface area (Å²) in [6.07, 6.45) is 0. The van der Waals surface area contributed by atoms with Gasteiger partial charge in [-0.3, -0.25) is 9.35 Å². The van der Waals surface area contributed by atoms with Crippen molar-refractivity contribution >= 4 is 71.4 Å². The molecule has 7 aromatic rings. The molecule has 0 saturated heterocycles. The van der Waals surface area contributed by atoms with E-state index in [4.69, 9.17) is 9.47 Å². The minimum absolute atomic E-state index is 0.0234. The molecule has 0 spiro atoms. The molecule has 13 heteroatoms. The van der Waals surface area contributed by atoms with E-state index in [1.807, 2.05) is 55.5 Å². The first kappa shape index (κ1) is 35.0. The zero-order valence-electron chi connectivity index (χ0n) is 29.0. The lowest BCUT2D eigenvalue weighted by Crippen LogP contribution is -2.12. The van der Waals surface area contributed by atoms with Gasteiger partial charge in [-0.2, -0.15) is 8.42 Å². The SMILES string of the molecule is CCn1c2ccccc2c2cc(NC(=O)c3cc4ccccc4c(N=Nc4cc(C)c(NCOc5cccc(S(=O)(=O)O)c5)cc4OC)c3O)ccc21. The number of amides is 1. The molecule has 1 amide bonds. The zero-order valence-corrected chi connectivity index (χ0v) is 29.8. The fourth-order valence-corrected chi connectivity index (χ4v) is 6.91. The Morgan fingerprint density at radius 3 is 2.38 bits per heavy atom. The summed E-state index contributed by atoms with van der Waals surface area (Å²) >= 11 is 0. The van der Waals surface area contributed by atoms with Gasteiger partial charge in [0, 0.05) is 57.2 Å². The van der Waals surface area contributed by atoms with Gasteiger partial charge in [0.25, 0.3) is 16.0 Å². The van der Waals surface area contributed by atoms with Gasteiger partial charge in [-0.15, -0.1) is 10.2 Å². The molecule has 53 heavy (non-hydrogen) atoms. The van der Waals surface area contributed by atoms with Gasteiger partial charge in [-0.05, 0) is 73.3 Å². The minimum Gasteiger partial charge on any atom is -0.505 e. The molecule has 0 saturated carbocycles. The Balaban J connectivity index is 1.15. The molecule has 0 bridgehead atoms. The normalized spacial score (nSPS) is 11.8. The molecule has 0 atom stereocenters. The number of benzene rings is 6. The Morgan fingerprint density at radius 2 is 1.60 bits per heavy atom. The van der Waals surface area contributed by atoms with Crippen molar-refractivity contribution in [3.05, 3.63) is 120 Å². The third-order valence-electron chi connectivity index (χ3n) is 8.97. The Kier molecular flexibility index (Phi) is 9.43. The molecule has 1 heterocycles. The van der Waals surface area contributed by atoms with Crippen LogP contribution in [-0.4, -0.2) is 42.4 Å². The van der Waals surface area contributed by atoms with Crippen molar-refractivity contribution in [2.45, 2.75) is 25.3 Å². The predicted octanol–water partition coefficient (Wildman–Crippen LogP) is 9.35. The second kappa shape index (κ2) is 14.3. The number of para-hydroxylation sites is 1. The second-order valence-electron chi connectivity index (χ2n) is 12.2. The van der Waals surface area contributed by atoms with Crippen molar-refractivity contribution in [1.82, 2.24) is 4.57 Å². The fourth-order valence-electron chi connectivity index (χ4n) is 6.39. The maximum atomic E-state index is 13.8. The van der Waals surface area contributed by atoms with Crippen LogP contribution in [0.5, 0.6) is 17.2 Å². The highest BCUT2D eigenvalue weighted by Crippen LogP contribution is 2.42. The van der Waals surface area contributed by atoms with E-state index in [1.165, 1.54) is 25.3 Å². The van der Waals surface area contributed by atoms with Crippen molar-refractivity contribution in [3.63, 3.8) is 0 Å². The number of methoxy groups -OCH3 is 1. The lowest BCUT2D eigenvalue weighted by Gasteiger charge is -2.14. The molecule has 4 N–H and O–H groups in total. The smallest absolute Gasteiger partial charge is 0.294 e. The first-order chi connectivity index (χ1) is 25.5. The number of fused-ring (bicyclic) bond motifs is 4. The highest BCUT2D eigenvalue weighted by atomic mass is 32.2. The van der Waals surface area contributed by atoms with E-state index >= 15 is 0 Å². The van der Waals surface area contributed by atoms with Crippen molar-refractivity contribution in [1.29, 1.82) is 0 Å². The van der Waals surface area contributed by atoms with E-state index in [0.29, 0.717) is 33.6 Å². The van der Waals surface area contributed by atoms with Gasteiger partial charge in [-0.1, -0.05) is 48.5 Å². The van der Waals surface area contributed by atoms with Crippen molar-refractivity contribution in [3.8, 4) is 17.2 Å². The van der Waals surface area contributed by atoms with Crippen LogP contribution in [0.15, 0.2) is 124 Å². The van der Waals surface area contributed by atoms with Gasteiger partial charge in [-0.25, -0.2) is 0 Å². The summed E-state index contributed by atoms with van der Waals surface area (Å²) in [5.41, 5.74) is 4.71. The van der Waals surface area contributed by atoms with E-state index in [2.05, 4.69) is 44.5 Å². The minimum atomic E-state index is -4.37. The summed E-state index contributed by atoms with van der Waals surface area (Å²) in [7, 11) is -2.88. The van der Waals surface area contributed by atoms with E-state index < -0.39 is 16.0 Å². The number of anilines is 2. The number of azo groups is 1. The molecule has 6 aromatic carbocycles. The van der Waals surface area contributed by atoms with Crippen LogP contribution in [0.1, 0.15) is 22.8 Å². The number of carbonyl (C=O) groups is 1. The standard InChI is InChI=1S/C40H35N5O7S/c1-4-45-35-15-8-7-14-30(35)31-20-26(16-17-36(31)45)42-40(47)32-19-25-10-5-6-13-29(25)38(39(32)46)44-43-34-18-24(2)33(22-37(34)51-3)41-23-52-27-11-9-12-28(21-27)53(48,49)50/h5-22,41,46H,4,23H2,1-3H3,(H,42,47)(H,48,49,50). The lowest BCUT2D eigenvalue weighted by molar-refractivity contribution is 0.102. The number of nitrogens with zero attached hydrogens (tertiary/aromatic N) is 3. The first-order valence-corrected chi connectivity index (χ1v) is 18.1. The summed E-state index contributed by atoms with van der Waals surface area (Å²) in [5, 5.41) is 29.9. The van der Waals surface area contributed by atoms with Crippen LogP contribution in [-0.2, 0) is 16.7 Å². The van der Waals surface area contributed by atoms with Gasteiger partial charge in [0.1, 0.15) is 22.9 Å². The van der Waals surface area contributed by atoms with Crippen molar-refractivity contribution < 1.29 is 32.3 Å². The van der Waals surface area contributed by atoms with Crippen LogP contribution in [0.2, 0.25) is 0 Å². The highest BCUT2D eigenvalue weighted by Gasteiger charge is 2.20. The number of aryl methyl sites for hydroxylation is 2. The maximum absolute atomic E-state index is 13.8. The molecule has 7 rings (SSSR count). The van der Waals surface area contributed by atoms with Gasteiger partial charge in [0.05, 0.1) is 17.6 Å². The number of hydrogen-bond acceptors (Lipinski definition) is 9. The number of hydrogen-bond donors (Lipinski definition) is 4. The lowest BCUT2D eigenvalue weighted by atomic mass is 10.0. The Labute approximate surface area is 305 Å². The average molecular weight is 730 g/mol. The van der Waals surface area contributed by atoms with Gasteiger partial charge < -0.3 is 29.8 Å². The topological polar surface area (TPSA) is 164 Å². The second-order valence-corrected chi connectivity index (χ2v) is 13.7. The average Bonchev–Trinajstić information content (AvgIpc) is 3.47. The summed E-state index contributed by atoms with van der Waals surface area (Å²) < 4.78 is 45.7. The van der Waals surface area contributed by atoms with Crippen LogP contribution in [0.4, 0.5) is 22.7 Å². The molecule has 1 aromatic heterocycles. The van der Waals surface area contributed by atoms with E-state index in [-0.39, 0.29) is 34.4 Å². The van der Waals surface area contributed by atoms with Gasteiger partial charge in [0.2, 0.25) is 0 Å². The molecule has 0 aliphatic carbocycles. The predicted molar refractivity (Wildman–Crippen MR) is 206 cm³/mol. The summed E-state index contributed by atoms with van der Waals surface area (Å²) in [6.45, 7) is 4.72. The largest absolute Gasteiger partial charge is 0.505 e. The summed E-state index contributed by atoms with van der Waals surface area (Å²) in [6, 6.07) is 31.8. The molecule has 0 unspecified atom stereocenters. The first-order valence-electron chi connectivity index (χ1n) is 16.7. The number of aromatic nitrogens is 1. The third kappa shape index (κ3) is 6.95. The number of phenolic OH excluding ortho intramolecular Hbond substituents is 1. The van der Waals surface area contributed by atoms with Gasteiger partial charge in [0.15, 0.2) is 12.5 Å². The number of nitrogens with one attached hydrogen (secondary N) is 2. The summed E-state index contributed by atoms with van der Waals surface area (Å²) in [5.74, 6) is -0.211.